The zero-order valence-electron chi connectivity index (χ0n) is 60.5. The Balaban J connectivity index is 0.000000146. The lowest BCUT2D eigenvalue weighted by molar-refractivity contribution is -0.159. The maximum Gasteiger partial charge on any atom is 0.309 e. The van der Waals surface area contributed by atoms with Gasteiger partial charge in [0.25, 0.3) is 0 Å². The van der Waals surface area contributed by atoms with E-state index in [1.807, 2.05) is 84.3 Å². The number of aliphatic hydroxyl groups excluding tert-OH is 1. The number of carbonyl (C=O) groups is 2. The summed E-state index contributed by atoms with van der Waals surface area (Å²) in [5.41, 5.74) is 5.28. The quantitative estimate of drug-likeness (QED) is 0.0394. The van der Waals surface area contributed by atoms with E-state index in [2.05, 4.69) is 135 Å². The Bertz CT molecular complexity index is 3790. The molecule has 6 N–H and O–H groups in total. The highest BCUT2D eigenvalue weighted by Crippen LogP contribution is 2.48. The smallest absolute Gasteiger partial charge is 0.309 e. The van der Waals surface area contributed by atoms with E-state index in [4.69, 9.17) is 44.8 Å². The van der Waals surface area contributed by atoms with Crippen molar-refractivity contribution >= 4 is 114 Å². The molecule has 20 nitrogen and oxygen atoms in total. The molecule has 556 valence electrons. The van der Waals surface area contributed by atoms with E-state index < -0.39 is 28.6 Å². The second-order valence-corrected chi connectivity index (χ2v) is 34.3. The van der Waals surface area contributed by atoms with E-state index in [0.717, 1.165) is 187 Å². The summed E-state index contributed by atoms with van der Waals surface area (Å²) in [7, 11) is 0. The number of aromatic nitrogens is 6. The molecule has 14 rings (SSSR count). The molecule has 6 atom stereocenters. The summed E-state index contributed by atoms with van der Waals surface area (Å²) in [6, 6.07) is 18.8. The number of piperidine rings is 3. The largest absolute Gasteiger partial charge is 0.481 e. The van der Waals surface area contributed by atoms with Crippen LogP contribution in [0.4, 0.5) is 39.7 Å². The number of carboxylic acids is 2. The van der Waals surface area contributed by atoms with Gasteiger partial charge in [-0.1, -0.05) is 71.2 Å². The molecule has 0 radical (unpaired) electrons. The number of hydrogen-bond acceptors (Lipinski definition) is 18. The third-order valence-electron chi connectivity index (χ3n) is 23.4. The number of β-amino-alcohol motifs (C(OH)–C–C–N with tert-alkyl or cyclic N) is 1. The average Bonchev–Trinajstić information content (AvgIpc) is 0.771. The van der Waals surface area contributed by atoms with Gasteiger partial charge in [0.2, 0.25) is 17.8 Å². The fraction of sp³-hybridized carbons (Fsp3) is 0.584. The predicted octanol–water partition coefficient (Wildman–Crippen LogP) is 15.4. The fourth-order valence-corrected chi connectivity index (χ4v) is 18.5. The van der Waals surface area contributed by atoms with Crippen LogP contribution in [0, 0.1) is 72.9 Å². The number of aliphatic carboxylic acids is 2. The molecule has 6 aliphatic heterocycles. The van der Waals surface area contributed by atoms with Crippen molar-refractivity contribution in [3.63, 3.8) is 0 Å². The molecule has 8 fully saturated rings. The average molecular weight is 1600 g/mol. The zero-order chi connectivity index (χ0) is 73.2. The van der Waals surface area contributed by atoms with Crippen LogP contribution in [-0.4, -0.2) is 176 Å². The first-order valence-electron chi connectivity index (χ1n) is 36.9. The summed E-state index contributed by atoms with van der Waals surface area (Å²) < 4.78 is 16.1. The summed E-state index contributed by atoms with van der Waals surface area (Å²) in [6.45, 7) is 29.1. The minimum Gasteiger partial charge on any atom is -0.481 e. The highest BCUT2D eigenvalue weighted by Gasteiger charge is 2.52. The van der Waals surface area contributed by atoms with E-state index in [0.29, 0.717) is 58.6 Å². The van der Waals surface area contributed by atoms with Gasteiger partial charge in [-0.3, -0.25) is 9.59 Å². The summed E-state index contributed by atoms with van der Waals surface area (Å²) in [5, 5.41) is 40.4. The number of nitrogens with one attached hydrogen (secondary N) is 3. The van der Waals surface area contributed by atoms with Gasteiger partial charge in [-0.05, 0) is 258 Å². The van der Waals surface area contributed by atoms with Crippen LogP contribution < -0.4 is 30.7 Å². The number of hydrogen-bond donors (Lipinski definition) is 6. The third kappa shape index (κ3) is 18.1. The lowest BCUT2D eigenvalue weighted by atomic mass is 9.65. The molecule has 3 aromatic heterocycles. The summed E-state index contributed by atoms with van der Waals surface area (Å²) in [6.07, 6.45) is 15.3. The van der Waals surface area contributed by atoms with Crippen molar-refractivity contribution in [3.05, 3.63) is 136 Å². The van der Waals surface area contributed by atoms with Crippen LogP contribution in [-0.2, 0) is 9.59 Å². The van der Waals surface area contributed by atoms with Crippen molar-refractivity contribution < 1.29 is 29.3 Å². The summed E-state index contributed by atoms with van der Waals surface area (Å²) >= 11 is 26.5. The summed E-state index contributed by atoms with van der Waals surface area (Å²) in [5.74, 6) is 5.83. The van der Waals surface area contributed by atoms with Crippen LogP contribution in [0.3, 0.4) is 0 Å². The van der Waals surface area contributed by atoms with Crippen molar-refractivity contribution in [1.29, 1.82) is 0 Å². The molecule has 103 heavy (non-hydrogen) atoms. The highest BCUT2D eigenvalue weighted by atomic mass is 79.9. The van der Waals surface area contributed by atoms with Crippen LogP contribution in [0.5, 0.6) is 0 Å². The van der Waals surface area contributed by atoms with Crippen molar-refractivity contribution in [3.8, 4) is 0 Å². The molecule has 26 heteroatoms. The Morgan fingerprint density at radius 3 is 1.22 bits per heavy atom. The van der Waals surface area contributed by atoms with Gasteiger partial charge < -0.3 is 60.7 Å². The predicted molar refractivity (Wildman–Crippen MR) is 416 cm³/mol. The molecule has 8 aliphatic rings. The van der Waals surface area contributed by atoms with Gasteiger partial charge in [-0.2, -0.15) is 15.0 Å². The van der Waals surface area contributed by atoms with E-state index in [-0.39, 0.29) is 30.6 Å². The monoisotopic (exact) mass is 1600 g/mol. The molecular formula is C77H101Br2Cl3FN15O5. The number of halogens is 6. The number of aryl methyl sites for hydroxylation is 3. The molecule has 9 heterocycles. The van der Waals surface area contributed by atoms with Gasteiger partial charge in [0.15, 0.2) is 11.6 Å². The van der Waals surface area contributed by atoms with E-state index in [9.17, 15) is 29.3 Å². The van der Waals surface area contributed by atoms with Crippen LogP contribution >= 0.6 is 66.7 Å². The van der Waals surface area contributed by atoms with Gasteiger partial charge in [0, 0.05) is 105 Å². The number of nitrogens with zero attached hydrogens (tertiary/aromatic N) is 12. The number of carboxylic acid groups (broad SMARTS) is 2. The highest BCUT2D eigenvalue weighted by molar-refractivity contribution is 9.11. The van der Waals surface area contributed by atoms with Gasteiger partial charge in [-0.15, -0.1) is 0 Å². The first-order chi connectivity index (χ1) is 49.2. The normalized spacial score (nSPS) is 25.7. The minimum atomic E-state index is -0.651. The van der Waals surface area contributed by atoms with Crippen molar-refractivity contribution in [2.45, 2.75) is 150 Å². The Morgan fingerprint density at radius 1 is 0.524 bits per heavy atom. The maximum atomic E-state index is 14.4. The molecule has 0 bridgehead atoms. The van der Waals surface area contributed by atoms with Crippen molar-refractivity contribution in [1.82, 2.24) is 44.6 Å². The first-order valence-corrected chi connectivity index (χ1v) is 39.6. The molecule has 6 unspecified atom stereocenters. The van der Waals surface area contributed by atoms with Gasteiger partial charge in [0.05, 0.1) is 50.7 Å². The van der Waals surface area contributed by atoms with E-state index >= 15 is 0 Å². The Kier molecular flexibility index (Phi) is 24.8. The molecule has 3 aromatic carbocycles. The molecule has 2 aliphatic carbocycles. The first kappa shape index (κ1) is 76.9. The van der Waals surface area contributed by atoms with Crippen LogP contribution in [0.2, 0.25) is 15.1 Å². The number of benzene rings is 3. The molecule has 6 saturated heterocycles. The Hall–Kier alpha value is -5.76. The minimum absolute atomic E-state index is 0.00370. The molecule has 6 aromatic rings. The molecule has 0 amide bonds. The number of aliphatic hydroxyl groups is 1. The fourth-order valence-electron chi connectivity index (χ4n) is 16.7. The maximum absolute atomic E-state index is 14.4. The Labute approximate surface area is 638 Å². The lowest BCUT2D eigenvalue weighted by Gasteiger charge is -2.52. The van der Waals surface area contributed by atoms with Gasteiger partial charge >= 0.3 is 11.9 Å². The van der Waals surface area contributed by atoms with Crippen LogP contribution in [0.1, 0.15) is 150 Å². The third-order valence-corrected chi connectivity index (χ3v) is 25.6. The number of anilines is 6. The standard InChI is InChI=1S/2C27H35BrClN5O2.C23H31ClFN5O/c2*1-16-6-7-21(23(29)9-16)17(2)31-24-22(28)12-30-26(32-24)34-14-19(15-34)18-5-4-8-33(13-18)20-10-27(3,11-20)25(35)36;1-15-5-6-19(20(24)10-15)16(2)27-22-21(25)11-26-23(28-22)30-13-18(14-30)17-4-3-7-29(12-17)8-9-31/h2*6-7,9,12,17-20H,4-5,8,10-11,13-15H2,1-3H3,(H,35,36)(H,30,31,32);5-6,10-11,16-18,31H,3-4,7-9,12-14H2,1-2H3,(H,26,27,28). The van der Waals surface area contributed by atoms with E-state index in [1.54, 1.807) is 0 Å². The van der Waals surface area contributed by atoms with E-state index in [1.165, 1.54) is 44.7 Å². The SMILES string of the molecule is Cc1ccc(C(C)Nc2nc(N3CC(C4CCCN(C5CC(C)(C(=O)O)C5)C4)C3)ncc2Br)c(Cl)c1.Cc1ccc(C(C)Nc2nc(N3CC(C4CCCN(C5CC(C)(C(=O)O)C5)C4)C3)ncc2Br)c(Cl)c1.Cc1ccc(C(C)Nc2nc(N3CC(C4CCCN(CCO)C4)C3)ncc2F)c(Cl)c1. The number of likely N-dealkylation sites (tertiary alicyclic amines) is 3. The molecular weight excluding hydrogens is 1500 g/mol. The topological polar surface area (TPSA) is 228 Å². The van der Waals surface area contributed by atoms with Crippen molar-refractivity contribution in [2.24, 2.45) is 46.3 Å². The Morgan fingerprint density at radius 2 is 0.864 bits per heavy atom. The van der Waals surface area contributed by atoms with Crippen LogP contribution in [0.15, 0.2) is 82.1 Å². The zero-order valence-corrected chi connectivity index (χ0v) is 66.0. The second-order valence-electron chi connectivity index (χ2n) is 31.3. The molecule has 2 saturated carbocycles. The number of rotatable bonds is 21. The second kappa shape index (κ2) is 33.2. The van der Waals surface area contributed by atoms with Gasteiger partial charge in [-0.25, -0.2) is 19.3 Å². The van der Waals surface area contributed by atoms with Crippen molar-refractivity contribution in [2.75, 3.05) is 122 Å². The molecule has 0 spiro atoms. The van der Waals surface area contributed by atoms with Crippen LogP contribution in [0.25, 0.3) is 0 Å². The van der Waals surface area contributed by atoms with Gasteiger partial charge in [0.1, 0.15) is 11.6 Å². The summed E-state index contributed by atoms with van der Waals surface area (Å²) in [4.78, 5) is 64.6. The lowest BCUT2D eigenvalue weighted by Crippen LogP contribution is -2.58.